The largest absolute Gasteiger partial charge is 0.316 e. The lowest BCUT2D eigenvalue weighted by Gasteiger charge is -2.09. The average molecular weight is 309 g/mol. The molecule has 0 saturated heterocycles. The predicted octanol–water partition coefficient (Wildman–Crippen LogP) is 2.05. The maximum atomic E-state index is 13.3. The molecular weight excluding hydrogens is 293 g/mol. The zero-order valence-electron chi connectivity index (χ0n) is 11.7. The van der Waals surface area contributed by atoms with Crippen LogP contribution in [0.25, 0.3) is 0 Å². The Labute approximate surface area is 123 Å². The van der Waals surface area contributed by atoms with Crippen molar-refractivity contribution in [3.8, 4) is 0 Å². The topological polar surface area (TPSA) is 71.1 Å². The zero-order valence-corrected chi connectivity index (χ0v) is 12.5. The summed E-state index contributed by atoms with van der Waals surface area (Å²) in [5, 5.41) is 2.84. The van der Waals surface area contributed by atoms with Crippen LogP contribution in [0.15, 0.2) is 41.6 Å². The first-order valence-corrected chi connectivity index (χ1v) is 7.78. The van der Waals surface area contributed by atoms with Gasteiger partial charge in [-0.1, -0.05) is 6.07 Å². The molecule has 1 aromatic heterocycles. The highest BCUT2D eigenvalue weighted by atomic mass is 32.2. The van der Waals surface area contributed by atoms with Gasteiger partial charge in [-0.3, -0.25) is 4.72 Å². The molecule has 5 nitrogen and oxygen atoms in total. The molecule has 0 aliphatic rings. The van der Waals surface area contributed by atoms with Gasteiger partial charge < -0.3 is 5.32 Å². The molecule has 0 atom stereocenters. The number of halogens is 1. The molecule has 2 aromatic rings. The third-order valence-electron chi connectivity index (χ3n) is 2.75. The molecule has 0 spiro atoms. The minimum atomic E-state index is -3.83. The first kappa shape index (κ1) is 15.4. The van der Waals surface area contributed by atoms with Crippen molar-refractivity contribution in [1.82, 2.24) is 10.3 Å². The fourth-order valence-electron chi connectivity index (χ4n) is 1.88. The second kappa shape index (κ2) is 6.19. The predicted molar refractivity (Wildman–Crippen MR) is 78.9 cm³/mol. The SMILES string of the molecule is CNCc1ccc(S(=O)(=O)Nc2cc(C)cc(F)c2)nc1. The Morgan fingerprint density at radius 2 is 2.00 bits per heavy atom. The minimum Gasteiger partial charge on any atom is -0.316 e. The van der Waals surface area contributed by atoms with Gasteiger partial charge in [-0.25, -0.2) is 9.37 Å². The fourth-order valence-corrected chi connectivity index (χ4v) is 2.85. The first-order chi connectivity index (χ1) is 9.90. The monoisotopic (exact) mass is 309 g/mol. The lowest BCUT2D eigenvalue weighted by Crippen LogP contribution is -2.15. The van der Waals surface area contributed by atoms with Gasteiger partial charge >= 0.3 is 0 Å². The van der Waals surface area contributed by atoms with Crippen molar-refractivity contribution in [2.24, 2.45) is 0 Å². The lowest BCUT2D eigenvalue weighted by molar-refractivity contribution is 0.597. The van der Waals surface area contributed by atoms with Gasteiger partial charge in [-0.2, -0.15) is 8.42 Å². The number of pyridine rings is 1. The summed E-state index contributed by atoms with van der Waals surface area (Å²) in [7, 11) is -2.04. The van der Waals surface area contributed by atoms with Crippen molar-refractivity contribution >= 4 is 15.7 Å². The third kappa shape index (κ3) is 3.99. The van der Waals surface area contributed by atoms with Crippen LogP contribution in [0.4, 0.5) is 10.1 Å². The molecule has 0 amide bonds. The van der Waals surface area contributed by atoms with E-state index in [-0.39, 0.29) is 10.7 Å². The van der Waals surface area contributed by atoms with E-state index in [0.29, 0.717) is 12.1 Å². The van der Waals surface area contributed by atoms with Gasteiger partial charge in [0.25, 0.3) is 10.0 Å². The van der Waals surface area contributed by atoms with Crippen molar-refractivity contribution in [1.29, 1.82) is 0 Å². The lowest BCUT2D eigenvalue weighted by atomic mass is 10.2. The molecule has 0 aliphatic carbocycles. The molecule has 2 N–H and O–H groups in total. The van der Waals surface area contributed by atoms with Crippen LogP contribution < -0.4 is 10.0 Å². The van der Waals surface area contributed by atoms with Gasteiger partial charge in [0.2, 0.25) is 0 Å². The number of aryl methyl sites for hydroxylation is 1. The van der Waals surface area contributed by atoms with Crippen LogP contribution in [0.2, 0.25) is 0 Å². The Bertz CT molecular complexity index is 710. The zero-order chi connectivity index (χ0) is 15.5. The van der Waals surface area contributed by atoms with Crippen LogP contribution in [0, 0.1) is 12.7 Å². The van der Waals surface area contributed by atoms with E-state index in [4.69, 9.17) is 0 Å². The number of nitrogens with one attached hydrogen (secondary N) is 2. The molecule has 7 heteroatoms. The Hall–Kier alpha value is -1.99. The van der Waals surface area contributed by atoms with E-state index in [0.717, 1.165) is 11.6 Å². The molecule has 0 aliphatic heterocycles. The summed E-state index contributed by atoms with van der Waals surface area (Å²) >= 11 is 0. The van der Waals surface area contributed by atoms with Gasteiger partial charge in [0.1, 0.15) is 5.82 Å². The van der Waals surface area contributed by atoms with Gasteiger partial charge in [-0.05, 0) is 49.4 Å². The molecule has 0 fully saturated rings. The van der Waals surface area contributed by atoms with Crippen LogP contribution in [0.3, 0.4) is 0 Å². The summed E-state index contributed by atoms with van der Waals surface area (Å²) in [4.78, 5) is 3.93. The quantitative estimate of drug-likeness (QED) is 0.887. The average Bonchev–Trinajstić information content (AvgIpc) is 2.38. The number of hydrogen-bond acceptors (Lipinski definition) is 4. The maximum Gasteiger partial charge on any atom is 0.279 e. The van der Waals surface area contributed by atoms with Gasteiger partial charge in [0.15, 0.2) is 5.03 Å². The number of sulfonamides is 1. The fraction of sp³-hybridized carbons (Fsp3) is 0.214. The maximum absolute atomic E-state index is 13.3. The summed E-state index contributed by atoms with van der Waals surface area (Å²) in [6, 6.07) is 7.09. The molecule has 21 heavy (non-hydrogen) atoms. The molecule has 112 valence electrons. The number of rotatable bonds is 5. The van der Waals surface area contributed by atoms with Crippen LogP contribution in [0.5, 0.6) is 0 Å². The Morgan fingerprint density at radius 1 is 1.24 bits per heavy atom. The van der Waals surface area contributed by atoms with E-state index < -0.39 is 15.8 Å². The highest BCUT2D eigenvalue weighted by Gasteiger charge is 2.16. The summed E-state index contributed by atoms with van der Waals surface area (Å²) in [5.74, 6) is -0.495. The molecular formula is C14H16FN3O2S. The van der Waals surface area contributed by atoms with Crippen LogP contribution in [-0.2, 0) is 16.6 Å². The van der Waals surface area contributed by atoms with Crippen molar-refractivity contribution in [2.45, 2.75) is 18.5 Å². The van der Waals surface area contributed by atoms with Gasteiger partial charge in [0.05, 0.1) is 5.69 Å². The summed E-state index contributed by atoms with van der Waals surface area (Å²) in [5.41, 5.74) is 1.68. The summed E-state index contributed by atoms with van der Waals surface area (Å²) < 4.78 is 40.0. The van der Waals surface area contributed by atoms with Crippen LogP contribution in [-0.4, -0.2) is 20.4 Å². The smallest absolute Gasteiger partial charge is 0.279 e. The van der Waals surface area contributed by atoms with E-state index in [2.05, 4.69) is 15.0 Å². The third-order valence-corrected chi connectivity index (χ3v) is 4.04. The number of hydrogen-bond donors (Lipinski definition) is 2. The first-order valence-electron chi connectivity index (χ1n) is 6.30. The molecule has 0 bridgehead atoms. The molecule has 1 aromatic carbocycles. The second-order valence-corrected chi connectivity index (χ2v) is 6.29. The van der Waals surface area contributed by atoms with Crippen molar-refractivity contribution in [3.05, 3.63) is 53.5 Å². The van der Waals surface area contributed by atoms with Crippen molar-refractivity contribution in [2.75, 3.05) is 11.8 Å². The number of aromatic nitrogens is 1. The van der Waals surface area contributed by atoms with Crippen LogP contribution >= 0.6 is 0 Å². The molecule has 1 heterocycles. The normalized spacial score (nSPS) is 11.4. The highest BCUT2D eigenvalue weighted by molar-refractivity contribution is 7.92. The number of anilines is 1. The van der Waals surface area contributed by atoms with Crippen molar-refractivity contribution < 1.29 is 12.8 Å². The van der Waals surface area contributed by atoms with E-state index in [9.17, 15) is 12.8 Å². The van der Waals surface area contributed by atoms with E-state index >= 15 is 0 Å². The van der Waals surface area contributed by atoms with Gasteiger partial charge in [0, 0.05) is 12.7 Å². The van der Waals surface area contributed by atoms with E-state index in [1.165, 1.54) is 18.3 Å². The standard InChI is InChI=1S/C14H16FN3O2S/c1-10-5-12(15)7-13(6-10)18-21(19,20)14-4-3-11(8-16-2)9-17-14/h3-7,9,16,18H,8H2,1-2H3. The summed E-state index contributed by atoms with van der Waals surface area (Å²) in [6.07, 6.45) is 1.49. The number of nitrogens with zero attached hydrogens (tertiary/aromatic N) is 1. The molecule has 0 unspecified atom stereocenters. The van der Waals surface area contributed by atoms with Crippen LogP contribution in [0.1, 0.15) is 11.1 Å². The molecule has 0 radical (unpaired) electrons. The second-order valence-electron chi connectivity index (χ2n) is 4.66. The number of benzene rings is 1. The van der Waals surface area contributed by atoms with E-state index in [1.807, 2.05) is 0 Å². The molecule has 2 rings (SSSR count). The molecule has 0 saturated carbocycles. The Kier molecular flexibility index (Phi) is 4.54. The Morgan fingerprint density at radius 3 is 2.57 bits per heavy atom. The minimum absolute atomic E-state index is 0.107. The van der Waals surface area contributed by atoms with Gasteiger partial charge in [-0.15, -0.1) is 0 Å². The summed E-state index contributed by atoms with van der Waals surface area (Å²) in [6.45, 7) is 2.29. The Balaban J connectivity index is 2.25. The van der Waals surface area contributed by atoms with Crippen molar-refractivity contribution in [3.63, 3.8) is 0 Å². The highest BCUT2D eigenvalue weighted by Crippen LogP contribution is 2.17. The van der Waals surface area contributed by atoms with E-state index in [1.54, 1.807) is 26.1 Å².